The minimum atomic E-state index is -0.435. The van der Waals surface area contributed by atoms with Gasteiger partial charge in [-0.05, 0) is 68.3 Å². The van der Waals surface area contributed by atoms with Crippen LogP contribution in [0.5, 0.6) is 6.01 Å². The lowest BCUT2D eigenvalue weighted by atomic mass is 9.95. The average Bonchev–Trinajstić information content (AvgIpc) is 3.57. The van der Waals surface area contributed by atoms with Crippen LogP contribution in [-0.2, 0) is 0 Å². The van der Waals surface area contributed by atoms with Crippen LogP contribution in [0.1, 0.15) is 38.5 Å². The van der Waals surface area contributed by atoms with Crippen molar-refractivity contribution >= 4 is 39.4 Å². The first-order valence-corrected chi connectivity index (χ1v) is 15.5. The molecule has 3 saturated heterocycles. The Morgan fingerprint density at radius 3 is 2.67 bits per heavy atom. The van der Waals surface area contributed by atoms with Crippen molar-refractivity contribution in [2.24, 2.45) is 11.1 Å². The molecule has 3 aliphatic heterocycles. The van der Waals surface area contributed by atoms with Gasteiger partial charge in [-0.1, -0.05) is 54.4 Å². The minimum Gasteiger partial charge on any atom is -0.461 e. The van der Waals surface area contributed by atoms with Gasteiger partial charge in [0.2, 0.25) is 0 Å². The fourth-order valence-corrected chi connectivity index (χ4v) is 7.68. The van der Waals surface area contributed by atoms with Gasteiger partial charge in [0.25, 0.3) is 0 Å². The highest BCUT2D eigenvalue weighted by Gasteiger charge is 2.45. The van der Waals surface area contributed by atoms with Gasteiger partial charge in [0.15, 0.2) is 5.82 Å². The van der Waals surface area contributed by atoms with Gasteiger partial charge in [0.1, 0.15) is 23.6 Å². The quantitative estimate of drug-likeness (QED) is 0.285. The monoisotopic (exact) mass is 558 g/mol. The number of benzene rings is 2. The van der Waals surface area contributed by atoms with Gasteiger partial charge in [0, 0.05) is 30.6 Å². The van der Waals surface area contributed by atoms with E-state index >= 15 is 4.39 Å². The lowest BCUT2D eigenvalue weighted by molar-refractivity contribution is 0.108. The number of halogens is 1. The maximum absolute atomic E-state index is 16.5. The highest BCUT2D eigenvalue weighted by molar-refractivity contribution is 7.97. The Balaban J connectivity index is 1.32. The molecule has 3 fully saturated rings. The number of fused-ring (bicyclic) bond motifs is 3. The number of aromatic nitrogens is 3. The number of nitrogens with two attached hydrogens (primary N) is 1. The Morgan fingerprint density at radius 2 is 1.82 bits per heavy atom. The van der Waals surface area contributed by atoms with Crippen molar-refractivity contribution in [2.75, 3.05) is 43.4 Å². The molecule has 9 heteroatoms. The third kappa shape index (κ3) is 4.58. The van der Waals surface area contributed by atoms with Crippen LogP contribution >= 0.6 is 11.9 Å². The predicted octanol–water partition coefficient (Wildman–Crippen LogP) is 5.81. The van der Waals surface area contributed by atoms with Crippen molar-refractivity contribution in [3.05, 3.63) is 54.5 Å². The highest BCUT2D eigenvalue weighted by Crippen LogP contribution is 2.40. The first-order chi connectivity index (χ1) is 19.6. The number of nitrogens with zero attached hydrogens (tertiary/aromatic N) is 5. The molecular formula is C31H35FN6OS. The van der Waals surface area contributed by atoms with E-state index in [1.807, 2.05) is 42.5 Å². The van der Waals surface area contributed by atoms with Crippen LogP contribution < -0.4 is 14.8 Å². The summed E-state index contributed by atoms with van der Waals surface area (Å²) in [6.45, 7) is 4.45. The molecule has 0 saturated carbocycles. The highest BCUT2D eigenvalue weighted by atomic mass is 32.2. The summed E-state index contributed by atoms with van der Waals surface area (Å²) in [5.74, 6) is 1.61. The van der Waals surface area contributed by atoms with Crippen LogP contribution in [0.25, 0.3) is 32.9 Å². The van der Waals surface area contributed by atoms with E-state index in [-0.39, 0.29) is 17.1 Å². The summed E-state index contributed by atoms with van der Waals surface area (Å²) < 4.78 is 22.9. The fourth-order valence-electron chi connectivity index (χ4n) is 7.14. The molecule has 2 N–H and O–H groups in total. The van der Waals surface area contributed by atoms with Crippen LogP contribution in [0.4, 0.5) is 10.2 Å². The minimum absolute atomic E-state index is 0.0535. The third-order valence-corrected chi connectivity index (χ3v) is 9.78. The molecule has 0 bridgehead atoms. The molecule has 0 radical (unpaired) electrons. The van der Waals surface area contributed by atoms with Gasteiger partial charge in [-0.2, -0.15) is 9.97 Å². The first-order valence-electron chi connectivity index (χ1n) is 14.4. The van der Waals surface area contributed by atoms with Crippen LogP contribution in [0.15, 0.2) is 48.7 Å². The molecule has 3 aliphatic rings. The summed E-state index contributed by atoms with van der Waals surface area (Å²) in [5, 5.41) is 8.44. The Kier molecular flexibility index (Phi) is 6.97. The predicted molar refractivity (Wildman–Crippen MR) is 160 cm³/mol. The SMILES string of the molecule is NSCC1CCCN(c2nc(OCC34CCCN3CCC4)nc3c(F)c(-c4cccc5ccccc45)ncc23)C1. The van der Waals surface area contributed by atoms with Gasteiger partial charge in [-0.3, -0.25) is 15.0 Å². The smallest absolute Gasteiger partial charge is 0.319 e. The number of piperidine rings is 1. The molecule has 40 heavy (non-hydrogen) atoms. The van der Waals surface area contributed by atoms with E-state index in [2.05, 4.69) is 14.8 Å². The molecule has 0 amide bonds. The average molecular weight is 559 g/mol. The summed E-state index contributed by atoms with van der Waals surface area (Å²) in [6, 6.07) is 14.2. The van der Waals surface area contributed by atoms with E-state index in [0.717, 1.165) is 74.0 Å². The fraction of sp³-hybridized carbons (Fsp3) is 0.452. The van der Waals surface area contributed by atoms with E-state index < -0.39 is 5.82 Å². The molecule has 5 heterocycles. The maximum atomic E-state index is 16.5. The molecule has 1 unspecified atom stereocenters. The van der Waals surface area contributed by atoms with Crippen molar-refractivity contribution in [2.45, 2.75) is 44.1 Å². The van der Waals surface area contributed by atoms with Gasteiger partial charge < -0.3 is 9.64 Å². The van der Waals surface area contributed by atoms with Crippen LogP contribution in [0, 0.1) is 11.7 Å². The Hall–Kier alpha value is -3.01. The van der Waals surface area contributed by atoms with Crippen molar-refractivity contribution in [3.63, 3.8) is 0 Å². The lowest BCUT2D eigenvalue weighted by Gasteiger charge is -2.34. The van der Waals surface area contributed by atoms with Gasteiger partial charge in [-0.25, -0.2) is 4.39 Å². The number of hydrogen-bond acceptors (Lipinski definition) is 8. The zero-order valence-electron chi connectivity index (χ0n) is 22.7. The van der Waals surface area contributed by atoms with Crippen molar-refractivity contribution in [1.29, 1.82) is 0 Å². The van der Waals surface area contributed by atoms with Gasteiger partial charge in [0.05, 0.1) is 10.9 Å². The van der Waals surface area contributed by atoms with Gasteiger partial charge in [-0.15, -0.1) is 0 Å². The molecule has 4 aromatic rings. The number of pyridine rings is 1. The zero-order chi connectivity index (χ0) is 27.1. The van der Waals surface area contributed by atoms with E-state index in [9.17, 15) is 0 Å². The van der Waals surface area contributed by atoms with Crippen molar-refractivity contribution < 1.29 is 9.13 Å². The van der Waals surface area contributed by atoms with E-state index in [0.29, 0.717) is 29.4 Å². The molecular weight excluding hydrogens is 523 g/mol. The Labute approximate surface area is 238 Å². The number of rotatable bonds is 7. The Bertz CT molecular complexity index is 1530. The topological polar surface area (TPSA) is 80.4 Å². The summed E-state index contributed by atoms with van der Waals surface area (Å²) in [5.41, 5.74) is 1.37. The second kappa shape index (κ2) is 10.8. The van der Waals surface area contributed by atoms with E-state index in [4.69, 9.17) is 19.8 Å². The molecule has 7 nitrogen and oxygen atoms in total. The molecule has 0 spiro atoms. The van der Waals surface area contributed by atoms with E-state index in [1.54, 1.807) is 6.20 Å². The van der Waals surface area contributed by atoms with Crippen molar-refractivity contribution in [3.8, 4) is 17.3 Å². The maximum Gasteiger partial charge on any atom is 0.319 e. The molecule has 2 aromatic heterocycles. The number of ether oxygens (including phenoxy) is 1. The molecule has 2 aromatic carbocycles. The van der Waals surface area contributed by atoms with Gasteiger partial charge >= 0.3 is 6.01 Å². The Morgan fingerprint density at radius 1 is 1.00 bits per heavy atom. The molecule has 0 aliphatic carbocycles. The van der Waals surface area contributed by atoms with Crippen LogP contribution in [0.3, 0.4) is 0 Å². The molecule has 208 valence electrons. The van der Waals surface area contributed by atoms with Crippen molar-refractivity contribution in [1.82, 2.24) is 19.9 Å². The zero-order valence-corrected chi connectivity index (χ0v) is 23.5. The van der Waals surface area contributed by atoms with E-state index in [1.165, 1.54) is 24.8 Å². The molecule has 1 atom stereocenters. The number of anilines is 1. The largest absolute Gasteiger partial charge is 0.461 e. The standard InChI is InChI=1S/C31H35FN6OS/c32-26-27(24-11-3-9-22-8-1-2-10-23(22)24)34-17-25-28(26)35-30(39-20-31-12-5-15-38(31)16-6-13-31)36-29(25)37-14-4-7-21(18-37)19-40-33/h1-3,8-11,17,21H,4-7,12-16,18-20,33H2. The number of hydrogen-bond donors (Lipinski definition) is 1. The third-order valence-electron chi connectivity index (χ3n) is 9.12. The second-order valence-corrected chi connectivity index (χ2v) is 12.2. The lowest BCUT2D eigenvalue weighted by Crippen LogP contribution is -2.43. The summed E-state index contributed by atoms with van der Waals surface area (Å²) in [4.78, 5) is 19.1. The second-order valence-electron chi connectivity index (χ2n) is 11.5. The summed E-state index contributed by atoms with van der Waals surface area (Å²) >= 11 is 1.38. The normalized spacial score (nSPS) is 20.9. The molecule has 7 rings (SSSR count). The summed E-state index contributed by atoms with van der Waals surface area (Å²) in [6.07, 6.45) is 8.54. The van der Waals surface area contributed by atoms with Crippen LogP contribution in [0.2, 0.25) is 0 Å². The summed E-state index contributed by atoms with van der Waals surface area (Å²) in [7, 11) is 0. The van der Waals surface area contributed by atoms with Crippen LogP contribution in [-0.4, -0.2) is 63.9 Å². The first kappa shape index (κ1) is 25.9.